The zero-order valence-corrected chi connectivity index (χ0v) is 9.61. The molecule has 4 nitrogen and oxygen atoms in total. The van der Waals surface area contributed by atoms with Gasteiger partial charge in [-0.1, -0.05) is 23.7 Å². The number of hydrogen-bond acceptors (Lipinski definition) is 4. The van der Waals surface area contributed by atoms with Gasteiger partial charge in [0, 0.05) is 10.6 Å². The summed E-state index contributed by atoms with van der Waals surface area (Å²) in [6.45, 7) is 1.97. The van der Waals surface area contributed by atoms with Crippen LogP contribution in [0.1, 0.15) is 25.3 Å². The van der Waals surface area contributed by atoms with E-state index < -0.39 is 0 Å². The Balaban J connectivity index is 2.28. The molecule has 1 heterocycles. The zero-order valence-electron chi connectivity index (χ0n) is 8.85. The van der Waals surface area contributed by atoms with Crippen molar-refractivity contribution in [3.8, 4) is 11.4 Å². The van der Waals surface area contributed by atoms with E-state index in [-0.39, 0.29) is 6.04 Å². The summed E-state index contributed by atoms with van der Waals surface area (Å²) < 4.78 is 5.08. The highest BCUT2D eigenvalue weighted by atomic mass is 35.5. The summed E-state index contributed by atoms with van der Waals surface area (Å²) in [4.78, 5) is 4.24. The molecule has 0 aliphatic carbocycles. The van der Waals surface area contributed by atoms with Crippen LogP contribution in [0.4, 0.5) is 0 Å². The highest BCUT2D eigenvalue weighted by Crippen LogP contribution is 2.20. The van der Waals surface area contributed by atoms with Crippen LogP contribution in [-0.2, 0) is 0 Å². The van der Waals surface area contributed by atoms with E-state index in [1.807, 2.05) is 19.1 Å². The van der Waals surface area contributed by atoms with Crippen molar-refractivity contribution < 1.29 is 4.52 Å². The molecule has 1 aromatic carbocycles. The normalized spacial score (nSPS) is 12.7. The molecule has 0 bridgehead atoms. The molecule has 5 heteroatoms. The van der Waals surface area contributed by atoms with Gasteiger partial charge in [0.15, 0.2) is 0 Å². The third kappa shape index (κ3) is 2.23. The fraction of sp³-hybridized carbons (Fsp3) is 0.273. The minimum absolute atomic E-state index is 0.200. The van der Waals surface area contributed by atoms with E-state index in [9.17, 15) is 0 Å². The Labute approximate surface area is 98.4 Å². The quantitative estimate of drug-likeness (QED) is 0.892. The highest BCUT2D eigenvalue weighted by Gasteiger charge is 2.13. The summed E-state index contributed by atoms with van der Waals surface area (Å²) in [6.07, 6.45) is 0.766. The fourth-order valence-electron chi connectivity index (χ4n) is 1.28. The van der Waals surface area contributed by atoms with Crippen molar-refractivity contribution >= 4 is 11.6 Å². The van der Waals surface area contributed by atoms with E-state index in [1.54, 1.807) is 12.1 Å². The van der Waals surface area contributed by atoms with Crippen molar-refractivity contribution in [2.45, 2.75) is 19.4 Å². The van der Waals surface area contributed by atoms with Crippen LogP contribution < -0.4 is 5.73 Å². The molecule has 1 atom stereocenters. The first-order chi connectivity index (χ1) is 7.70. The molecule has 0 spiro atoms. The summed E-state index contributed by atoms with van der Waals surface area (Å²) in [5.74, 6) is 1.00. The predicted octanol–water partition coefficient (Wildman–Crippen LogP) is 2.80. The molecule has 0 saturated carbocycles. The van der Waals surface area contributed by atoms with Crippen LogP contribution in [0.5, 0.6) is 0 Å². The number of nitrogens with two attached hydrogens (primary N) is 1. The van der Waals surface area contributed by atoms with E-state index >= 15 is 0 Å². The van der Waals surface area contributed by atoms with Gasteiger partial charge < -0.3 is 10.3 Å². The maximum atomic E-state index is 5.79. The lowest BCUT2D eigenvalue weighted by atomic mass is 10.2. The second-order valence-electron chi connectivity index (χ2n) is 3.48. The average molecular weight is 238 g/mol. The smallest absolute Gasteiger partial charge is 0.243 e. The number of rotatable bonds is 3. The summed E-state index contributed by atoms with van der Waals surface area (Å²) in [6, 6.07) is 7.05. The lowest BCUT2D eigenvalue weighted by Crippen LogP contribution is -2.08. The molecule has 1 aromatic heterocycles. The van der Waals surface area contributed by atoms with Crippen LogP contribution in [0, 0.1) is 0 Å². The average Bonchev–Trinajstić information content (AvgIpc) is 2.78. The molecular weight excluding hydrogens is 226 g/mol. The Morgan fingerprint density at radius 3 is 2.69 bits per heavy atom. The first kappa shape index (κ1) is 11.1. The van der Waals surface area contributed by atoms with Crippen molar-refractivity contribution in [2.75, 3.05) is 0 Å². The number of halogens is 1. The molecule has 2 aromatic rings. The SMILES string of the molecule is CC[C@@H](N)c1nc(-c2ccc(Cl)cc2)no1. The Bertz CT molecular complexity index is 466. The van der Waals surface area contributed by atoms with Crippen molar-refractivity contribution in [1.29, 1.82) is 0 Å². The minimum atomic E-state index is -0.200. The topological polar surface area (TPSA) is 64.9 Å². The van der Waals surface area contributed by atoms with Gasteiger partial charge in [0.2, 0.25) is 11.7 Å². The summed E-state index contributed by atoms with van der Waals surface area (Å²) in [5.41, 5.74) is 6.66. The molecule has 0 aliphatic heterocycles. The van der Waals surface area contributed by atoms with Crippen molar-refractivity contribution in [3.05, 3.63) is 35.2 Å². The lowest BCUT2D eigenvalue weighted by Gasteiger charge is -1.99. The molecular formula is C11H12ClN3O. The van der Waals surface area contributed by atoms with Gasteiger partial charge in [-0.15, -0.1) is 0 Å². The third-order valence-electron chi connectivity index (χ3n) is 2.30. The standard InChI is InChI=1S/C11H12ClN3O/c1-2-9(13)11-14-10(15-16-11)7-3-5-8(12)6-4-7/h3-6,9H,2,13H2,1H3/t9-/m1/s1. The number of benzene rings is 1. The molecule has 0 fully saturated rings. The van der Waals surface area contributed by atoms with E-state index in [2.05, 4.69) is 10.1 Å². The van der Waals surface area contributed by atoms with Gasteiger partial charge in [-0.2, -0.15) is 4.98 Å². The summed E-state index contributed by atoms with van der Waals surface area (Å²) >= 11 is 5.79. The third-order valence-corrected chi connectivity index (χ3v) is 2.55. The summed E-state index contributed by atoms with van der Waals surface area (Å²) in [5, 5.41) is 4.55. The van der Waals surface area contributed by atoms with Crippen molar-refractivity contribution in [1.82, 2.24) is 10.1 Å². The largest absolute Gasteiger partial charge is 0.337 e. The molecule has 2 N–H and O–H groups in total. The Hall–Kier alpha value is -1.39. The van der Waals surface area contributed by atoms with Crippen LogP contribution in [0.15, 0.2) is 28.8 Å². The second-order valence-corrected chi connectivity index (χ2v) is 3.91. The zero-order chi connectivity index (χ0) is 11.5. The van der Waals surface area contributed by atoms with Crippen LogP contribution in [-0.4, -0.2) is 10.1 Å². The van der Waals surface area contributed by atoms with Gasteiger partial charge in [-0.25, -0.2) is 0 Å². The van der Waals surface area contributed by atoms with Gasteiger partial charge in [-0.05, 0) is 30.7 Å². The van der Waals surface area contributed by atoms with E-state index in [0.717, 1.165) is 12.0 Å². The number of aromatic nitrogens is 2. The molecule has 2 rings (SSSR count). The number of hydrogen-bond donors (Lipinski definition) is 1. The maximum Gasteiger partial charge on any atom is 0.243 e. The first-order valence-electron chi connectivity index (χ1n) is 5.06. The van der Waals surface area contributed by atoms with Crippen molar-refractivity contribution in [3.63, 3.8) is 0 Å². The van der Waals surface area contributed by atoms with Crippen LogP contribution in [0.3, 0.4) is 0 Å². The lowest BCUT2D eigenvalue weighted by molar-refractivity contribution is 0.352. The Kier molecular flexibility index (Phi) is 3.22. The van der Waals surface area contributed by atoms with Crippen molar-refractivity contribution in [2.24, 2.45) is 5.73 Å². The number of nitrogens with zero attached hydrogens (tertiary/aromatic N) is 2. The Morgan fingerprint density at radius 1 is 1.38 bits per heavy atom. The summed E-state index contributed by atoms with van der Waals surface area (Å²) in [7, 11) is 0. The van der Waals surface area contributed by atoms with Crippen LogP contribution in [0.2, 0.25) is 5.02 Å². The van der Waals surface area contributed by atoms with E-state index in [4.69, 9.17) is 21.9 Å². The van der Waals surface area contributed by atoms with Gasteiger partial charge >= 0.3 is 0 Å². The second kappa shape index (κ2) is 4.63. The molecule has 0 saturated heterocycles. The Morgan fingerprint density at radius 2 is 2.06 bits per heavy atom. The van der Waals surface area contributed by atoms with Gasteiger partial charge in [0.1, 0.15) is 0 Å². The molecule has 0 amide bonds. The minimum Gasteiger partial charge on any atom is -0.337 e. The molecule has 16 heavy (non-hydrogen) atoms. The molecule has 0 unspecified atom stereocenters. The maximum absolute atomic E-state index is 5.79. The van der Waals surface area contributed by atoms with E-state index in [0.29, 0.717) is 16.7 Å². The predicted molar refractivity (Wildman–Crippen MR) is 62.0 cm³/mol. The van der Waals surface area contributed by atoms with Gasteiger partial charge in [0.05, 0.1) is 6.04 Å². The van der Waals surface area contributed by atoms with Crippen LogP contribution >= 0.6 is 11.6 Å². The first-order valence-corrected chi connectivity index (χ1v) is 5.43. The highest BCUT2D eigenvalue weighted by molar-refractivity contribution is 6.30. The van der Waals surface area contributed by atoms with E-state index in [1.165, 1.54) is 0 Å². The van der Waals surface area contributed by atoms with Gasteiger partial charge in [0.25, 0.3) is 0 Å². The molecule has 0 aliphatic rings. The molecule has 84 valence electrons. The van der Waals surface area contributed by atoms with Crippen LogP contribution in [0.25, 0.3) is 11.4 Å². The monoisotopic (exact) mass is 237 g/mol. The molecule has 0 radical (unpaired) electrons. The van der Waals surface area contributed by atoms with Gasteiger partial charge in [-0.3, -0.25) is 0 Å². The fourth-order valence-corrected chi connectivity index (χ4v) is 1.40.